The second kappa shape index (κ2) is 8.47. The standard InChI is InChI=1S/C23H22N4O3/c1-14(2)29-21-9-6-15(12-16(21)13-24)23-26-22(27-30-23)19-5-3-4-18-17(19)7-8-20(18)25-10-11-28/h3-6,9,12,14,28H,7-8,10-11H2,1-2H3. The van der Waals surface area contributed by atoms with Crippen LogP contribution in [0, 0.1) is 11.3 Å². The maximum absolute atomic E-state index is 9.45. The van der Waals surface area contributed by atoms with Gasteiger partial charge >= 0.3 is 0 Å². The largest absolute Gasteiger partial charge is 0.490 e. The van der Waals surface area contributed by atoms with Crippen LogP contribution in [0.2, 0.25) is 0 Å². The molecule has 4 rings (SSSR count). The fourth-order valence-corrected chi connectivity index (χ4v) is 3.62. The molecule has 0 bridgehead atoms. The number of fused-ring (bicyclic) bond motifs is 1. The summed E-state index contributed by atoms with van der Waals surface area (Å²) in [5.41, 5.74) is 5.22. The molecule has 7 heteroatoms. The highest BCUT2D eigenvalue weighted by atomic mass is 16.5. The van der Waals surface area contributed by atoms with Gasteiger partial charge in [-0.1, -0.05) is 23.4 Å². The van der Waals surface area contributed by atoms with Crippen LogP contribution >= 0.6 is 0 Å². The topological polar surface area (TPSA) is 105 Å². The first kappa shape index (κ1) is 19.8. The molecule has 30 heavy (non-hydrogen) atoms. The molecule has 0 fully saturated rings. The van der Waals surface area contributed by atoms with Crippen LogP contribution in [0.4, 0.5) is 0 Å². The van der Waals surface area contributed by atoms with Crippen LogP contribution in [0.25, 0.3) is 22.8 Å². The zero-order valence-corrected chi connectivity index (χ0v) is 16.9. The minimum atomic E-state index is -0.0241. The van der Waals surface area contributed by atoms with E-state index in [1.165, 1.54) is 0 Å². The van der Waals surface area contributed by atoms with Gasteiger partial charge < -0.3 is 14.4 Å². The van der Waals surface area contributed by atoms with E-state index < -0.39 is 0 Å². The molecule has 1 heterocycles. The normalized spacial score (nSPS) is 14.2. The first-order chi connectivity index (χ1) is 14.6. The van der Waals surface area contributed by atoms with Crippen molar-refractivity contribution in [1.29, 1.82) is 5.26 Å². The first-order valence-corrected chi connectivity index (χ1v) is 9.92. The van der Waals surface area contributed by atoms with Gasteiger partial charge in [0.2, 0.25) is 5.82 Å². The molecular formula is C23H22N4O3. The van der Waals surface area contributed by atoms with Crippen molar-refractivity contribution in [2.75, 3.05) is 13.2 Å². The fourth-order valence-electron chi connectivity index (χ4n) is 3.62. The van der Waals surface area contributed by atoms with Crippen molar-refractivity contribution in [3.05, 3.63) is 53.1 Å². The number of rotatable bonds is 6. The number of hydrogen-bond acceptors (Lipinski definition) is 7. The summed E-state index contributed by atoms with van der Waals surface area (Å²) in [5, 5.41) is 22.7. The lowest BCUT2D eigenvalue weighted by Gasteiger charge is -2.11. The van der Waals surface area contributed by atoms with Gasteiger partial charge in [0.05, 0.1) is 24.8 Å². The second-order valence-electron chi connectivity index (χ2n) is 7.30. The van der Waals surface area contributed by atoms with E-state index in [1.807, 2.05) is 38.1 Å². The Kier molecular flexibility index (Phi) is 5.59. The van der Waals surface area contributed by atoms with Crippen molar-refractivity contribution in [1.82, 2.24) is 10.1 Å². The molecule has 1 N–H and O–H groups in total. The summed E-state index contributed by atoms with van der Waals surface area (Å²) >= 11 is 0. The molecule has 1 aliphatic carbocycles. The van der Waals surface area contributed by atoms with E-state index >= 15 is 0 Å². The molecule has 0 amide bonds. The lowest BCUT2D eigenvalue weighted by atomic mass is 10.0. The summed E-state index contributed by atoms with van der Waals surface area (Å²) in [6.07, 6.45) is 1.66. The van der Waals surface area contributed by atoms with Gasteiger partial charge in [-0.15, -0.1) is 0 Å². The SMILES string of the molecule is CC(C)Oc1ccc(-c2nc(-c3cccc4c3CCC4=NCCO)no2)cc1C#N. The second-order valence-corrected chi connectivity index (χ2v) is 7.30. The molecule has 3 aromatic rings. The third kappa shape index (κ3) is 3.82. The molecule has 1 aliphatic rings. The summed E-state index contributed by atoms with van der Waals surface area (Å²) in [6, 6.07) is 13.4. The van der Waals surface area contributed by atoms with Gasteiger partial charge in [0.25, 0.3) is 5.89 Å². The molecule has 1 aromatic heterocycles. The Morgan fingerprint density at radius 1 is 1.23 bits per heavy atom. The molecule has 0 unspecified atom stereocenters. The van der Waals surface area contributed by atoms with E-state index in [-0.39, 0.29) is 12.7 Å². The number of aliphatic imine (C=N–C) groups is 1. The van der Waals surface area contributed by atoms with Crippen LogP contribution in [-0.2, 0) is 6.42 Å². The van der Waals surface area contributed by atoms with Crippen LogP contribution in [0.1, 0.15) is 37.0 Å². The summed E-state index contributed by atoms with van der Waals surface area (Å²) in [6.45, 7) is 4.27. The maximum atomic E-state index is 9.45. The number of aliphatic hydroxyl groups is 1. The Hall–Kier alpha value is -3.50. The highest BCUT2D eigenvalue weighted by Gasteiger charge is 2.23. The molecule has 152 valence electrons. The van der Waals surface area contributed by atoms with E-state index in [0.29, 0.717) is 35.1 Å². The van der Waals surface area contributed by atoms with Gasteiger partial charge in [0.15, 0.2) is 0 Å². The van der Waals surface area contributed by atoms with Crippen molar-refractivity contribution in [2.45, 2.75) is 32.8 Å². The Morgan fingerprint density at radius 3 is 2.83 bits per heavy atom. The van der Waals surface area contributed by atoms with Crippen LogP contribution in [0.15, 0.2) is 45.9 Å². The number of aliphatic hydroxyl groups excluding tert-OH is 1. The van der Waals surface area contributed by atoms with Crippen LogP contribution < -0.4 is 4.74 Å². The predicted molar refractivity (Wildman–Crippen MR) is 112 cm³/mol. The zero-order valence-electron chi connectivity index (χ0n) is 16.9. The van der Waals surface area contributed by atoms with Crippen LogP contribution in [-0.4, -0.2) is 40.2 Å². The number of nitriles is 1. The summed E-state index contributed by atoms with van der Waals surface area (Å²) in [4.78, 5) is 9.05. The van der Waals surface area contributed by atoms with Gasteiger partial charge in [-0.2, -0.15) is 10.2 Å². The van der Waals surface area contributed by atoms with E-state index in [0.717, 1.165) is 35.2 Å². The highest BCUT2D eigenvalue weighted by molar-refractivity contribution is 6.06. The van der Waals surface area contributed by atoms with Gasteiger partial charge in [-0.25, -0.2) is 0 Å². The summed E-state index contributed by atoms with van der Waals surface area (Å²) in [5.74, 6) is 1.39. The minimum absolute atomic E-state index is 0.0241. The van der Waals surface area contributed by atoms with Gasteiger partial charge in [-0.3, -0.25) is 4.99 Å². The van der Waals surface area contributed by atoms with Crippen molar-refractivity contribution in [3.63, 3.8) is 0 Å². The van der Waals surface area contributed by atoms with Crippen LogP contribution in [0.3, 0.4) is 0 Å². The van der Waals surface area contributed by atoms with Crippen molar-refractivity contribution in [2.24, 2.45) is 4.99 Å². The average Bonchev–Trinajstić information content (AvgIpc) is 3.39. The Morgan fingerprint density at radius 2 is 2.07 bits per heavy atom. The Labute approximate surface area is 174 Å². The van der Waals surface area contributed by atoms with Crippen LogP contribution in [0.5, 0.6) is 5.75 Å². The molecule has 0 spiro atoms. The lowest BCUT2D eigenvalue weighted by Crippen LogP contribution is -2.06. The number of nitrogens with zero attached hydrogens (tertiary/aromatic N) is 4. The quantitative estimate of drug-likeness (QED) is 0.673. The van der Waals surface area contributed by atoms with E-state index in [4.69, 9.17) is 14.4 Å². The van der Waals surface area contributed by atoms with Crippen molar-refractivity contribution >= 4 is 5.71 Å². The molecular weight excluding hydrogens is 380 g/mol. The zero-order chi connectivity index (χ0) is 21.1. The Bertz CT molecular complexity index is 1140. The molecule has 0 saturated carbocycles. The fraction of sp³-hybridized carbons (Fsp3) is 0.304. The third-order valence-electron chi connectivity index (χ3n) is 4.88. The van der Waals surface area contributed by atoms with Crippen molar-refractivity contribution in [3.8, 4) is 34.7 Å². The lowest BCUT2D eigenvalue weighted by molar-refractivity contribution is 0.241. The predicted octanol–water partition coefficient (Wildman–Crippen LogP) is 3.79. The number of aromatic nitrogens is 2. The number of hydrogen-bond donors (Lipinski definition) is 1. The van der Waals surface area contributed by atoms with Gasteiger partial charge in [0.1, 0.15) is 11.8 Å². The molecule has 0 atom stereocenters. The first-order valence-electron chi connectivity index (χ1n) is 9.92. The average molecular weight is 402 g/mol. The monoisotopic (exact) mass is 402 g/mol. The molecule has 0 saturated heterocycles. The minimum Gasteiger partial charge on any atom is -0.490 e. The molecule has 7 nitrogen and oxygen atoms in total. The number of ether oxygens (including phenoxy) is 1. The molecule has 0 aliphatic heterocycles. The van der Waals surface area contributed by atoms with Gasteiger partial charge in [0, 0.05) is 16.8 Å². The van der Waals surface area contributed by atoms with E-state index in [2.05, 4.69) is 21.2 Å². The Balaban J connectivity index is 1.67. The van der Waals surface area contributed by atoms with E-state index in [9.17, 15) is 5.26 Å². The maximum Gasteiger partial charge on any atom is 0.258 e. The number of benzene rings is 2. The van der Waals surface area contributed by atoms with Crippen molar-refractivity contribution < 1.29 is 14.4 Å². The van der Waals surface area contributed by atoms with E-state index in [1.54, 1.807) is 12.1 Å². The third-order valence-corrected chi connectivity index (χ3v) is 4.88. The molecule has 2 aromatic carbocycles. The summed E-state index contributed by atoms with van der Waals surface area (Å²) in [7, 11) is 0. The van der Waals surface area contributed by atoms with Gasteiger partial charge in [-0.05, 0) is 56.0 Å². The highest BCUT2D eigenvalue weighted by Crippen LogP contribution is 2.33. The molecule has 0 radical (unpaired) electrons. The summed E-state index contributed by atoms with van der Waals surface area (Å²) < 4.78 is 11.2. The smallest absolute Gasteiger partial charge is 0.258 e.